The summed E-state index contributed by atoms with van der Waals surface area (Å²) >= 11 is 0. The third-order valence-corrected chi connectivity index (χ3v) is 2.67. The molecule has 0 aliphatic carbocycles. The van der Waals surface area contributed by atoms with Crippen molar-refractivity contribution in [3.05, 3.63) is 47.7 Å². The Kier molecular flexibility index (Phi) is 3.97. The number of aromatic hydroxyl groups is 1. The molecule has 5 heteroatoms. The summed E-state index contributed by atoms with van der Waals surface area (Å²) < 4.78 is 0. The Morgan fingerprint density at radius 1 is 1.42 bits per heavy atom. The van der Waals surface area contributed by atoms with E-state index < -0.39 is 0 Å². The minimum absolute atomic E-state index is 0.201. The number of aromatic nitrogens is 2. The van der Waals surface area contributed by atoms with E-state index in [1.54, 1.807) is 36.5 Å². The van der Waals surface area contributed by atoms with Crippen LogP contribution in [0.3, 0.4) is 0 Å². The molecular formula is C14H15N3O2. The third-order valence-electron chi connectivity index (χ3n) is 2.67. The van der Waals surface area contributed by atoms with Crippen LogP contribution in [0, 0.1) is 0 Å². The summed E-state index contributed by atoms with van der Waals surface area (Å²) in [7, 11) is 0. The molecule has 0 aliphatic heterocycles. The average Bonchev–Trinajstić information content (AvgIpc) is 2.85. The van der Waals surface area contributed by atoms with Gasteiger partial charge in [0.25, 0.3) is 0 Å². The second-order valence-corrected chi connectivity index (χ2v) is 4.04. The highest BCUT2D eigenvalue weighted by atomic mass is 16.3. The van der Waals surface area contributed by atoms with Crippen molar-refractivity contribution in [3.8, 4) is 5.75 Å². The fraction of sp³-hybridized carbons (Fsp3) is 0.143. The lowest BCUT2D eigenvalue weighted by Gasteiger charge is -2.00. The molecule has 2 aromatic rings. The van der Waals surface area contributed by atoms with E-state index in [-0.39, 0.29) is 11.7 Å². The molecule has 98 valence electrons. The van der Waals surface area contributed by atoms with Gasteiger partial charge in [-0.2, -0.15) is 5.10 Å². The van der Waals surface area contributed by atoms with E-state index in [0.717, 1.165) is 17.5 Å². The molecule has 0 fully saturated rings. The largest absolute Gasteiger partial charge is 0.508 e. The molecule has 0 aliphatic rings. The number of nitrogens with zero attached hydrogens (tertiary/aromatic N) is 1. The number of rotatable bonds is 4. The first-order valence-corrected chi connectivity index (χ1v) is 5.99. The molecule has 0 saturated heterocycles. The van der Waals surface area contributed by atoms with E-state index in [1.165, 1.54) is 6.08 Å². The van der Waals surface area contributed by atoms with Crippen molar-refractivity contribution < 1.29 is 9.90 Å². The lowest BCUT2D eigenvalue weighted by Crippen LogP contribution is -2.09. The monoisotopic (exact) mass is 257 g/mol. The standard InChI is InChI=1S/C14H15N3O2/c1-2-11-9-15-17-14(11)16-13(19)8-5-10-3-6-12(18)7-4-10/h3-9,18H,2H2,1H3,(H2,15,16,17,19)/b8-5+. The van der Waals surface area contributed by atoms with Crippen LogP contribution in [0.15, 0.2) is 36.5 Å². The van der Waals surface area contributed by atoms with Gasteiger partial charge >= 0.3 is 0 Å². The number of nitrogens with one attached hydrogen (secondary N) is 2. The maximum atomic E-state index is 11.7. The molecule has 0 spiro atoms. The molecule has 1 aromatic heterocycles. The van der Waals surface area contributed by atoms with Gasteiger partial charge in [-0.25, -0.2) is 0 Å². The number of amides is 1. The van der Waals surface area contributed by atoms with Gasteiger partial charge in [-0.15, -0.1) is 0 Å². The van der Waals surface area contributed by atoms with Crippen LogP contribution in [-0.4, -0.2) is 21.2 Å². The summed E-state index contributed by atoms with van der Waals surface area (Å²) in [6.07, 6.45) is 5.61. The zero-order chi connectivity index (χ0) is 13.7. The van der Waals surface area contributed by atoms with E-state index in [4.69, 9.17) is 5.11 Å². The van der Waals surface area contributed by atoms with Crippen molar-refractivity contribution in [1.29, 1.82) is 0 Å². The quantitative estimate of drug-likeness (QED) is 0.735. The third kappa shape index (κ3) is 3.45. The number of hydrogen-bond donors (Lipinski definition) is 3. The van der Waals surface area contributed by atoms with Crippen molar-refractivity contribution in [1.82, 2.24) is 10.2 Å². The van der Waals surface area contributed by atoms with Crippen molar-refractivity contribution in [2.45, 2.75) is 13.3 Å². The van der Waals surface area contributed by atoms with Gasteiger partial charge in [0.15, 0.2) is 0 Å². The first kappa shape index (κ1) is 12.9. The number of anilines is 1. The molecule has 0 radical (unpaired) electrons. The van der Waals surface area contributed by atoms with Crippen LogP contribution in [0.4, 0.5) is 5.82 Å². The van der Waals surface area contributed by atoms with Gasteiger partial charge in [-0.3, -0.25) is 9.89 Å². The van der Waals surface area contributed by atoms with Gasteiger partial charge in [-0.1, -0.05) is 19.1 Å². The Morgan fingerprint density at radius 2 is 2.16 bits per heavy atom. The zero-order valence-corrected chi connectivity index (χ0v) is 10.6. The number of phenolic OH excluding ortho intramolecular Hbond substituents is 1. The summed E-state index contributed by atoms with van der Waals surface area (Å²) in [6, 6.07) is 6.60. The number of H-pyrrole nitrogens is 1. The maximum Gasteiger partial charge on any atom is 0.249 e. The summed E-state index contributed by atoms with van der Waals surface area (Å²) in [4.78, 5) is 11.7. The SMILES string of the molecule is CCc1cn[nH]c1NC(=O)/C=C/c1ccc(O)cc1. The molecule has 1 heterocycles. The molecule has 2 rings (SSSR count). The highest BCUT2D eigenvalue weighted by molar-refractivity contribution is 6.01. The van der Waals surface area contributed by atoms with Gasteiger partial charge in [0.2, 0.25) is 5.91 Å². The fourth-order valence-electron chi connectivity index (χ4n) is 1.61. The smallest absolute Gasteiger partial charge is 0.249 e. The minimum atomic E-state index is -0.230. The normalized spacial score (nSPS) is 10.8. The topological polar surface area (TPSA) is 78.0 Å². The number of carbonyl (C=O) groups is 1. The highest BCUT2D eigenvalue weighted by Crippen LogP contribution is 2.12. The Morgan fingerprint density at radius 3 is 2.84 bits per heavy atom. The van der Waals surface area contributed by atoms with Crippen molar-refractivity contribution in [3.63, 3.8) is 0 Å². The first-order chi connectivity index (χ1) is 9.19. The van der Waals surface area contributed by atoms with Crippen LogP contribution < -0.4 is 5.32 Å². The number of aromatic amines is 1. The maximum absolute atomic E-state index is 11.7. The molecular weight excluding hydrogens is 242 g/mol. The number of carbonyl (C=O) groups excluding carboxylic acids is 1. The predicted octanol–water partition coefficient (Wildman–Crippen LogP) is 2.33. The van der Waals surface area contributed by atoms with Crippen molar-refractivity contribution in [2.24, 2.45) is 0 Å². The fourth-order valence-corrected chi connectivity index (χ4v) is 1.61. The summed E-state index contributed by atoms with van der Waals surface area (Å²) in [5, 5.41) is 18.5. The molecule has 0 atom stereocenters. The minimum Gasteiger partial charge on any atom is -0.508 e. The number of aryl methyl sites for hydroxylation is 1. The van der Waals surface area contributed by atoms with Crippen LogP contribution in [0.1, 0.15) is 18.1 Å². The molecule has 3 N–H and O–H groups in total. The average molecular weight is 257 g/mol. The van der Waals surface area contributed by atoms with Crippen LogP contribution in [0.2, 0.25) is 0 Å². The number of benzene rings is 1. The number of phenols is 1. The van der Waals surface area contributed by atoms with E-state index in [9.17, 15) is 4.79 Å². The van der Waals surface area contributed by atoms with Crippen molar-refractivity contribution in [2.75, 3.05) is 5.32 Å². The summed E-state index contributed by atoms with van der Waals surface area (Å²) in [6.45, 7) is 1.99. The second kappa shape index (κ2) is 5.86. The van der Waals surface area contributed by atoms with Crippen molar-refractivity contribution >= 4 is 17.8 Å². The Bertz CT molecular complexity index is 585. The Hall–Kier alpha value is -2.56. The summed E-state index contributed by atoms with van der Waals surface area (Å²) in [5.41, 5.74) is 1.81. The van der Waals surface area contributed by atoms with Crippen LogP contribution in [-0.2, 0) is 11.2 Å². The van der Waals surface area contributed by atoms with E-state index in [0.29, 0.717) is 5.82 Å². The molecule has 0 unspecified atom stereocenters. The molecule has 0 bridgehead atoms. The van der Waals surface area contributed by atoms with E-state index in [1.807, 2.05) is 6.92 Å². The van der Waals surface area contributed by atoms with Gasteiger partial charge in [-0.05, 0) is 30.2 Å². The van der Waals surface area contributed by atoms with E-state index >= 15 is 0 Å². The van der Waals surface area contributed by atoms with Gasteiger partial charge in [0.1, 0.15) is 11.6 Å². The second-order valence-electron chi connectivity index (χ2n) is 4.04. The molecule has 1 aromatic carbocycles. The molecule has 5 nitrogen and oxygen atoms in total. The molecule has 0 saturated carbocycles. The van der Waals surface area contributed by atoms with Gasteiger partial charge in [0.05, 0.1) is 6.20 Å². The summed E-state index contributed by atoms with van der Waals surface area (Å²) in [5.74, 6) is 0.599. The van der Waals surface area contributed by atoms with Gasteiger partial charge < -0.3 is 10.4 Å². The van der Waals surface area contributed by atoms with Crippen LogP contribution in [0.25, 0.3) is 6.08 Å². The van der Waals surface area contributed by atoms with Crippen LogP contribution in [0.5, 0.6) is 5.75 Å². The van der Waals surface area contributed by atoms with E-state index in [2.05, 4.69) is 15.5 Å². The zero-order valence-electron chi connectivity index (χ0n) is 10.6. The van der Waals surface area contributed by atoms with Gasteiger partial charge in [0, 0.05) is 11.6 Å². The number of hydrogen-bond acceptors (Lipinski definition) is 3. The van der Waals surface area contributed by atoms with Crippen LogP contribution >= 0.6 is 0 Å². The lowest BCUT2D eigenvalue weighted by molar-refractivity contribution is -0.111. The Balaban J connectivity index is 1.99. The molecule has 19 heavy (non-hydrogen) atoms. The molecule has 1 amide bonds. The Labute approximate surface area is 111 Å². The highest BCUT2D eigenvalue weighted by Gasteiger charge is 2.04. The lowest BCUT2D eigenvalue weighted by atomic mass is 10.2. The predicted molar refractivity (Wildman–Crippen MR) is 73.7 cm³/mol. The first-order valence-electron chi connectivity index (χ1n) is 5.99.